The Labute approximate surface area is 198 Å². The van der Waals surface area contributed by atoms with Gasteiger partial charge in [-0.05, 0) is 45.5 Å². The monoisotopic (exact) mass is 457 g/mol. The summed E-state index contributed by atoms with van der Waals surface area (Å²) >= 11 is 1.64. The van der Waals surface area contributed by atoms with Crippen LogP contribution in [-0.4, -0.2) is 25.0 Å². The molecule has 0 spiro atoms. The molecule has 0 radical (unpaired) electrons. The number of thiophene rings is 1. The van der Waals surface area contributed by atoms with Crippen LogP contribution in [-0.2, 0) is 27.2 Å². The van der Waals surface area contributed by atoms with Crippen LogP contribution in [0, 0.1) is 5.92 Å². The van der Waals surface area contributed by atoms with Gasteiger partial charge in [0.05, 0.1) is 7.11 Å². The van der Waals surface area contributed by atoms with E-state index in [1.165, 1.54) is 7.11 Å². The van der Waals surface area contributed by atoms with Gasteiger partial charge in [0.25, 0.3) is 0 Å². The Morgan fingerprint density at radius 1 is 0.879 bits per heavy atom. The molecule has 0 saturated heterocycles. The molecule has 1 aromatic heterocycles. The largest absolute Gasteiger partial charge is 0.467 e. The van der Waals surface area contributed by atoms with Gasteiger partial charge in [-0.15, -0.1) is 11.3 Å². The molecular formula is C28H27NO3S. The van der Waals surface area contributed by atoms with Crippen LogP contribution in [0.3, 0.4) is 0 Å². The van der Waals surface area contributed by atoms with Gasteiger partial charge >= 0.3 is 5.97 Å². The van der Waals surface area contributed by atoms with Crippen LogP contribution < -0.4 is 5.32 Å². The van der Waals surface area contributed by atoms with Crippen molar-refractivity contribution in [3.8, 4) is 11.1 Å². The molecule has 3 aromatic carbocycles. The molecule has 4 aromatic rings. The number of esters is 1. The van der Waals surface area contributed by atoms with Crippen molar-refractivity contribution in [1.29, 1.82) is 0 Å². The second-order valence-electron chi connectivity index (χ2n) is 8.21. The maximum atomic E-state index is 12.9. The highest BCUT2D eigenvalue weighted by Crippen LogP contribution is 2.27. The highest BCUT2D eigenvalue weighted by molar-refractivity contribution is 7.17. The van der Waals surface area contributed by atoms with Crippen molar-refractivity contribution >= 4 is 33.3 Å². The summed E-state index contributed by atoms with van der Waals surface area (Å²) in [5.41, 5.74) is 4.42. The van der Waals surface area contributed by atoms with Gasteiger partial charge in [0.15, 0.2) is 0 Å². The van der Waals surface area contributed by atoms with Gasteiger partial charge in [0.1, 0.15) is 6.04 Å². The van der Waals surface area contributed by atoms with Crippen molar-refractivity contribution < 1.29 is 14.3 Å². The van der Waals surface area contributed by atoms with Crippen LogP contribution in [0.2, 0.25) is 0 Å². The smallest absolute Gasteiger partial charge is 0.328 e. The molecule has 4 nitrogen and oxygen atoms in total. The fraction of sp³-hybridized carbons (Fsp3) is 0.214. The van der Waals surface area contributed by atoms with Crippen LogP contribution in [0.25, 0.3) is 21.2 Å². The third kappa shape index (κ3) is 5.49. The zero-order valence-corrected chi connectivity index (χ0v) is 19.6. The van der Waals surface area contributed by atoms with E-state index in [0.29, 0.717) is 12.8 Å². The lowest BCUT2D eigenvalue weighted by molar-refractivity contribution is -0.145. The van der Waals surface area contributed by atoms with E-state index in [2.05, 4.69) is 47.8 Å². The Hall–Kier alpha value is -3.44. The highest BCUT2D eigenvalue weighted by atomic mass is 32.1. The average molecular weight is 458 g/mol. The third-order valence-electron chi connectivity index (χ3n) is 5.84. The summed E-state index contributed by atoms with van der Waals surface area (Å²) in [5, 5.41) is 6.07. The standard InChI is InChI=1S/C28H27NO3S/c1-19(16-20-12-14-22(15-13-20)21-8-4-3-5-9-21)27(30)29-25(28(31)32-2)17-23-18-33-26-11-7-6-10-24(23)26/h3-15,18-19,25H,16-17H2,1-2H3,(H,29,30)/t19-,25-/m0/s1. The highest BCUT2D eigenvalue weighted by Gasteiger charge is 2.25. The van der Waals surface area contributed by atoms with Crippen LogP contribution in [0.15, 0.2) is 84.2 Å². The molecule has 4 rings (SSSR count). The van der Waals surface area contributed by atoms with Crippen LogP contribution in [0.1, 0.15) is 18.1 Å². The zero-order chi connectivity index (χ0) is 23.2. The number of ether oxygens (including phenoxy) is 1. The summed E-state index contributed by atoms with van der Waals surface area (Å²) in [4.78, 5) is 25.4. The molecule has 0 fully saturated rings. The van der Waals surface area contributed by atoms with E-state index in [9.17, 15) is 9.59 Å². The molecular weight excluding hydrogens is 430 g/mol. The van der Waals surface area contributed by atoms with Crippen molar-refractivity contribution in [1.82, 2.24) is 5.32 Å². The third-order valence-corrected chi connectivity index (χ3v) is 6.85. The molecule has 0 aliphatic carbocycles. The quantitative estimate of drug-likeness (QED) is 0.348. The Kier molecular flexibility index (Phi) is 7.20. The first-order valence-electron chi connectivity index (χ1n) is 11.0. The molecule has 0 saturated carbocycles. The van der Waals surface area contributed by atoms with Gasteiger partial charge in [-0.1, -0.05) is 79.7 Å². The summed E-state index contributed by atoms with van der Waals surface area (Å²) in [6, 6.07) is 25.8. The lowest BCUT2D eigenvalue weighted by atomic mass is 9.97. The van der Waals surface area contributed by atoms with Gasteiger partial charge in [-0.25, -0.2) is 4.79 Å². The predicted octanol–water partition coefficient (Wildman–Crippen LogP) is 5.65. The van der Waals surface area contributed by atoms with Crippen molar-refractivity contribution in [3.63, 3.8) is 0 Å². The Morgan fingerprint density at radius 3 is 2.27 bits per heavy atom. The molecule has 0 bridgehead atoms. The second-order valence-corrected chi connectivity index (χ2v) is 9.12. The van der Waals surface area contributed by atoms with Crippen LogP contribution in [0.4, 0.5) is 0 Å². The molecule has 5 heteroatoms. The molecule has 0 aliphatic rings. The van der Waals surface area contributed by atoms with E-state index in [-0.39, 0.29) is 11.8 Å². The number of benzene rings is 3. The Balaban J connectivity index is 1.41. The van der Waals surface area contributed by atoms with Gasteiger partial charge in [0.2, 0.25) is 5.91 Å². The first-order chi connectivity index (χ1) is 16.0. The SMILES string of the molecule is COC(=O)[C@H](Cc1csc2ccccc12)NC(=O)[C@@H](C)Cc1ccc(-c2ccccc2)cc1. The Bertz CT molecular complexity index is 1230. The minimum Gasteiger partial charge on any atom is -0.467 e. The summed E-state index contributed by atoms with van der Waals surface area (Å²) in [6.45, 7) is 1.88. The number of nitrogens with one attached hydrogen (secondary N) is 1. The average Bonchev–Trinajstić information content (AvgIpc) is 3.27. The number of rotatable bonds is 8. The number of amides is 1. The van der Waals surface area contributed by atoms with E-state index in [1.54, 1.807) is 11.3 Å². The van der Waals surface area contributed by atoms with E-state index in [4.69, 9.17) is 4.74 Å². The number of hydrogen-bond acceptors (Lipinski definition) is 4. The number of methoxy groups -OCH3 is 1. The molecule has 0 aliphatic heterocycles. The fourth-order valence-electron chi connectivity index (χ4n) is 3.97. The van der Waals surface area contributed by atoms with Crippen molar-refractivity contribution in [2.75, 3.05) is 7.11 Å². The lowest BCUT2D eigenvalue weighted by Gasteiger charge is -2.19. The summed E-state index contributed by atoms with van der Waals surface area (Å²) < 4.78 is 6.14. The molecule has 1 heterocycles. The molecule has 33 heavy (non-hydrogen) atoms. The maximum Gasteiger partial charge on any atom is 0.328 e. The van der Waals surface area contributed by atoms with E-state index in [1.807, 2.05) is 48.7 Å². The van der Waals surface area contributed by atoms with Gasteiger partial charge in [0, 0.05) is 17.0 Å². The second kappa shape index (κ2) is 10.5. The molecule has 0 unspecified atom stereocenters. The van der Waals surface area contributed by atoms with Gasteiger partial charge < -0.3 is 10.1 Å². The summed E-state index contributed by atoms with van der Waals surface area (Å²) in [5.74, 6) is -0.867. The van der Waals surface area contributed by atoms with Crippen LogP contribution >= 0.6 is 11.3 Å². The van der Waals surface area contributed by atoms with Gasteiger partial charge in [-0.3, -0.25) is 4.79 Å². The number of carbonyl (C=O) groups is 2. The van der Waals surface area contributed by atoms with E-state index < -0.39 is 12.0 Å². The molecule has 2 atom stereocenters. The predicted molar refractivity (Wildman–Crippen MR) is 134 cm³/mol. The first-order valence-corrected chi connectivity index (χ1v) is 11.9. The minimum atomic E-state index is -0.719. The van der Waals surface area contributed by atoms with Gasteiger partial charge in [-0.2, -0.15) is 0 Å². The number of carbonyl (C=O) groups excluding carboxylic acids is 2. The fourth-order valence-corrected chi connectivity index (χ4v) is 4.95. The topological polar surface area (TPSA) is 55.4 Å². The molecule has 1 amide bonds. The number of hydrogen-bond donors (Lipinski definition) is 1. The molecule has 168 valence electrons. The summed E-state index contributed by atoms with van der Waals surface area (Å²) in [7, 11) is 1.35. The zero-order valence-electron chi connectivity index (χ0n) is 18.8. The van der Waals surface area contributed by atoms with Crippen LogP contribution in [0.5, 0.6) is 0 Å². The molecule has 1 N–H and O–H groups in total. The lowest BCUT2D eigenvalue weighted by Crippen LogP contribution is -2.45. The summed E-state index contributed by atoms with van der Waals surface area (Å²) in [6.07, 6.45) is 0.997. The normalized spacial score (nSPS) is 12.8. The van der Waals surface area contributed by atoms with Crippen molar-refractivity contribution in [2.45, 2.75) is 25.8 Å². The van der Waals surface area contributed by atoms with Crippen molar-refractivity contribution in [3.05, 3.63) is 95.4 Å². The van der Waals surface area contributed by atoms with E-state index in [0.717, 1.165) is 32.3 Å². The first kappa shape index (κ1) is 22.7. The minimum absolute atomic E-state index is 0.155. The number of fused-ring (bicyclic) bond motifs is 1. The maximum absolute atomic E-state index is 12.9. The van der Waals surface area contributed by atoms with E-state index >= 15 is 0 Å². The van der Waals surface area contributed by atoms with Crippen molar-refractivity contribution in [2.24, 2.45) is 5.92 Å². The Morgan fingerprint density at radius 2 is 1.55 bits per heavy atom.